The molecule has 10 heteroatoms. The molecule has 0 bridgehead atoms. The number of fused-ring (bicyclic) bond motifs is 1. The Hall–Kier alpha value is -3.49. The zero-order chi connectivity index (χ0) is 27.4. The number of benzene rings is 1. The number of imidazole rings is 1. The summed E-state index contributed by atoms with van der Waals surface area (Å²) in [5.41, 5.74) is 4.61. The minimum absolute atomic E-state index is 0.000894. The molecular weight excluding hydrogens is 533 g/mol. The molecule has 1 aliphatic rings. The summed E-state index contributed by atoms with van der Waals surface area (Å²) in [5, 5.41) is 4.35. The van der Waals surface area contributed by atoms with Crippen molar-refractivity contribution < 1.29 is 4.79 Å². The molecule has 0 radical (unpaired) electrons. The van der Waals surface area contributed by atoms with Crippen molar-refractivity contribution in [2.45, 2.75) is 19.8 Å². The minimum atomic E-state index is -0.000894. The molecule has 4 heterocycles. The lowest BCUT2D eigenvalue weighted by atomic mass is 10.1. The molecule has 3 aromatic heterocycles. The lowest BCUT2D eigenvalue weighted by Crippen LogP contribution is -2.40. The van der Waals surface area contributed by atoms with Crippen molar-refractivity contribution in [2.75, 3.05) is 61.4 Å². The van der Waals surface area contributed by atoms with Gasteiger partial charge in [0.2, 0.25) is 5.91 Å². The third kappa shape index (κ3) is 5.92. The maximum Gasteiger partial charge on any atom is 0.241 e. The second-order valence-electron chi connectivity index (χ2n) is 9.68. The van der Waals surface area contributed by atoms with Crippen LogP contribution in [-0.4, -0.2) is 71.5 Å². The minimum Gasteiger partial charge on any atom is -0.372 e. The molecule has 1 fully saturated rings. The van der Waals surface area contributed by atoms with Crippen LogP contribution in [0.1, 0.15) is 19.8 Å². The van der Waals surface area contributed by atoms with Crippen LogP contribution >= 0.6 is 23.2 Å². The number of nitrogens with one attached hydrogen (secondary N) is 1. The summed E-state index contributed by atoms with van der Waals surface area (Å²) in [6.07, 6.45) is 7.59. The molecular formula is C29H33Cl2N7O. The number of carbonyl (C=O) groups excluding carboxylic acids is 1. The first-order valence-corrected chi connectivity index (χ1v) is 14.1. The first kappa shape index (κ1) is 27.1. The number of halogens is 2. The molecule has 1 N–H and O–H groups in total. The third-order valence-corrected chi connectivity index (χ3v) is 7.75. The van der Waals surface area contributed by atoms with E-state index in [1.54, 1.807) is 12.4 Å². The highest BCUT2D eigenvalue weighted by Crippen LogP contribution is 2.32. The van der Waals surface area contributed by atoms with E-state index in [0.717, 1.165) is 35.8 Å². The van der Waals surface area contributed by atoms with Gasteiger partial charge in [-0.25, -0.2) is 4.98 Å². The Kier molecular flexibility index (Phi) is 8.43. The highest BCUT2D eigenvalue weighted by Gasteiger charge is 2.19. The molecule has 39 heavy (non-hydrogen) atoms. The monoisotopic (exact) mass is 565 g/mol. The first-order valence-electron chi connectivity index (χ1n) is 13.3. The number of rotatable bonds is 10. The number of hydrogen-bond donors (Lipinski definition) is 1. The fourth-order valence-corrected chi connectivity index (χ4v) is 5.71. The van der Waals surface area contributed by atoms with E-state index in [2.05, 4.69) is 39.5 Å². The number of hydrogen-bond acceptors (Lipinski definition) is 6. The van der Waals surface area contributed by atoms with Crippen LogP contribution < -0.4 is 15.1 Å². The molecule has 1 amide bonds. The quantitative estimate of drug-likeness (QED) is 0.266. The van der Waals surface area contributed by atoms with E-state index in [0.29, 0.717) is 35.4 Å². The normalized spacial score (nSPS) is 13.2. The number of anilines is 3. The molecule has 204 valence electrons. The van der Waals surface area contributed by atoms with Gasteiger partial charge >= 0.3 is 0 Å². The van der Waals surface area contributed by atoms with Crippen molar-refractivity contribution in [3.05, 3.63) is 71.1 Å². The Morgan fingerprint density at radius 3 is 2.44 bits per heavy atom. The molecule has 5 rings (SSSR count). The van der Waals surface area contributed by atoms with Gasteiger partial charge in [-0.05, 0) is 44.0 Å². The summed E-state index contributed by atoms with van der Waals surface area (Å²) >= 11 is 12.6. The second-order valence-corrected chi connectivity index (χ2v) is 10.5. The summed E-state index contributed by atoms with van der Waals surface area (Å²) in [5.74, 6) is 0.801. The standard InChI is InChI=1S/C29H33Cl2N7O/c1-3-36(17-16-35(2)28-23(30)18-32-19-24(28)31)26(39)20-33-29-27(34-25-8-4-5-15-38(25)29)21-9-11-22(12-10-21)37-13-6-7-14-37/h4-5,8-12,15,18-19,33H,3,6-7,13-14,16-17,20H2,1-2H3. The van der Waals surface area contributed by atoms with Crippen LogP contribution in [-0.2, 0) is 4.79 Å². The molecule has 0 spiro atoms. The number of pyridine rings is 2. The second kappa shape index (κ2) is 12.1. The Morgan fingerprint density at radius 1 is 1.03 bits per heavy atom. The third-order valence-electron chi connectivity index (χ3n) is 7.20. The van der Waals surface area contributed by atoms with Gasteiger partial charge in [0.1, 0.15) is 17.2 Å². The van der Waals surface area contributed by atoms with E-state index in [1.165, 1.54) is 18.5 Å². The Morgan fingerprint density at radius 2 is 1.74 bits per heavy atom. The summed E-state index contributed by atoms with van der Waals surface area (Å²) in [7, 11) is 1.91. The van der Waals surface area contributed by atoms with Gasteiger partial charge in [0, 0.05) is 69.6 Å². The molecule has 0 saturated carbocycles. The Bertz CT molecular complexity index is 1410. The number of carbonyl (C=O) groups is 1. The number of likely N-dealkylation sites (N-methyl/N-ethyl adjacent to an activating group) is 2. The molecule has 1 saturated heterocycles. The lowest BCUT2D eigenvalue weighted by molar-refractivity contribution is -0.129. The van der Waals surface area contributed by atoms with Crippen LogP contribution in [0.4, 0.5) is 17.2 Å². The predicted octanol–water partition coefficient (Wildman–Crippen LogP) is 5.70. The fourth-order valence-electron chi connectivity index (χ4n) is 5.05. The summed E-state index contributed by atoms with van der Waals surface area (Å²) < 4.78 is 1.99. The van der Waals surface area contributed by atoms with Crippen LogP contribution in [0.5, 0.6) is 0 Å². The van der Waals surface area contributed by atoms with E-state index in [4.69, 9.17) is 28.2 Å². The molecule has 0 aliphatic carbocycles. The average molecular weight is 567 g/mol. The van der Waals surface area contributed by atoms with Crippen LogP contribution in [0.15, 0.2) is 61.1 Å². The van der Waals surface area contributed by atoms with Gasteiger partial charge in [-0.2, -0.15) is 0 Å². The molecule has 0 unspecified atom stereocenters. The van der Waals surface area contributed by atoms with Gasteiger partial charge in [-0.1, -0.05) is 41.4 Å². The molecule has 1 aliphatic heterocycles. The topological polar surface area (TPSA) is 69.0 Å². The average Bonchev–Trinajstić information content (AvgIpc) is 3.61. The predicted molar refractivity (Wildman–Crippen MR) is 160 cm³/mol. The smallest absolute Gasteiger partial charge is 0.241 e. The van der Waals surface area contributed by atoms with Gasteiger partial charge < -0.3 is 20.0 Å². The van der Waals surface area contributed by atoms with Gasteiger partial charge in [-0.15, -0.1) is 0 Å². The number of nitrogens with zero attached hydrogens (tertiary/aromatic N) is 6. The van der Waals surface area contributed by atoms with E-state index in [-0.39, 0.29) is 12.5 Å². The fraction of sp³-hybridized carbons (Fsp3) is 0.345. The van der Waals surface area contributed by atoms with Crippen molar-refractivity contribution in [1.82, 2.24) is 19.3 Å². The molecule has 4 aromatic rings. The molecule has 0 atom stereocenters. The summed E-state index contributed by atoms with van der Waals surface area (Å²) in [6.45, 7) is 6.03. The summed E-state index contributed by atoms with van der Waals surface area (Å²) in [6, 6.07) is 14.5. The van der Waals surface area contributed by atoms with Crippen molar-refractivity contribution in [3.63, 3.8) is 0 Å². The maximum absolute atomic E-state index is 13.3. The zero-order valence-corrected chi connectivity index (χ0v) is 23.8. The zero-order valence-electron chi connectivity index (χ0n) is 22.3. The SMILES string of the molecule is CCN(CCN(C)c1c(Cl)cncc1Cl)C(=O)CNc1c(-c2ccc(N3CCCC3)cc2)nc2ccccn12. The van der Waals surface area contributed by atoms with Crippen molar-refractivity contribution in [3.8, 4) is 11.3 Å². The number of aromatic nitrogens is 3. The van der Waals surface area contributed by atoms with Crippen molar-refractivity contribution in [1.29, 1.82) is 0 Å². The van der Waals surface area contributed by atoms with E-state index >= 15 is 0 Å². The Balaban J connectivity index is 1.29. The summed E-state index contributed by atoms with van der Waals surface area (Å²) in [4.78, 5) is 28.4. The van der Waals surface area contributed by atoms with Gasteiger partial charge in [0.25, 0.3) is 0 Å². The van der Waals surface area contributed by atoms with Crippen LogP contribution in [0.2, 0.25) is 10.0 Å². The highest BCUT2D eigenvalue weighted by atomic mass is 35.5. The molecule has 1 aromatic carbocycles. The van der Waals surface area contributed by atoms with E-state index < -0.39 is 0 Å². The molecule has 8 nitrogen and oxygen atoms in total. The van der Waals surface area contributed by atoms with E-state index in [9.17, 15) is 4.79 Å². The van der Waals surface area contributed by atoms with Gasteiger partial charge in [0.15, 0.2) is 0 Å². The maximum atomic E-state index is 13.3. The van der Waals surface area contributed by atoms with Gasteiger partial charge in [0.05, 0.1) is 22.3 Å². The van der Waals surface area contributed by atoms with Crippen LogP contribution in [0, 0.1) is 0 Å². The van der Waals surface area contributed by atoms with Crippen molar-refractivity contribution in [2.24, 2.45) is 0 Å². The highest BCUT2D eigenvalue weighted by molar-refractivity contribution is 6.38. The number of amides is 1. The van der Waals surface area contributed by atoms with E-state index in [1.807, 2.05) is 52.6 Å². The Labute approximate surface area is 239 Å². The van der Waals surface area contributed by atoms with Crippen LogP contribution in [0.25, 0.3) is 16.9 Å². The van der Waals surface area contributed by atoms with Crippen molar-refractivity contribution >= 4 is 51.9 Å². The van der Waals surface area contributed by atoms with Crippen LogP contribution in [0.3, 0.4) is 0 Å². The van der Waals surface area contributed by atoms with Gasteiger partial charge in [-0.3, -0.25) is 14.2 Å². The largest absolute Gasteiger partial charge is 0.372 e. The first-order chi connectivity index (χ1) is 19.0. The lowest BCUT2D eigenvalue weighted by Gasteiger charge is -2.27.